The molecule has 4 rings (SSSR count). The van der Waals surface area contributed by atoms with Crippen molar-refractivity contribution in [2.45, 2.75) is 24.7 Å². The summed E-state index contributed by atoms with van der Waals surface area (Å²) in [5.74, 6) is -0.0675. The number of fused-ring (bicyclic) bond motifs is 2. The van der Waals surface area contributed by atoms with E-state index >= 15 is 0 Å². The molecule has 0 bridgehead atoms. The Hall–Kier alpha value is -1.65. The molecule has 1 aromatic rings. The molecule has 0 radical (unpaired) electrons. The molecule has 120 valence electrons. The van der Waals surface area contributed by atoms with Gasteiger partial charge < -0.3 is 10.2 Å². The monoisotopic (exact) mass is 329 g/mol. The molecule has 1 unspecified atom stereocenters. The Morgan fingerprint density at radius 1 is 1.30 bits per heavy atom. The van der Waals surface area contributed by atoms with Crippen LogP contribution in [0.15, 0.2) is 40.5 Å². The molecule has 3 heterocycles. The molecular formula is C18H20ClN3O. The van der Waals surface area contributed by atoms with Crippen molar-refractivity contribution in [2.75, 3.05) is 24.5 Å². The molecule has 3 aliphatic heterocycles. The lowest BCUT2D eigenvalue weighted by molar-refractivity contribution is -0.121. The Morgan fingerprint density at radius 3 is 2.87 bits per heavy atom. The molecule has 0 aromatic heterocycles. The highest BCUT2D eigenvalue weighted by atomic mass is 35.5. The number of nitrogens with zero attached hydrogens (tertiary/aromatic N) is 2. The summed E-state index contributed by atoms with van der Waals surface area (Å²) in [6.07, 6.45) is 6.31. The van der Waals surface area contributed by atoms with E-state index in [1.807, 2.05) is 11.0 Å². The number of carbonyl (C=O) groups excluding carboxylic acids is 1. The summed E-state index contributed by atoms with van der Waals surface area (Å²) < 4.78 is 0. The van der Waals surface area contributed by atoms with Gasteiger partial charge in [-0.2, -0.15) is 0 Å². The summed E-state index contributed by atoms with van der Waals surface area (Å²) in [6, 6.07) is 8.37. The summed E-state index contributed by atoms with van der Waals surface area (Å²) in [5, 5.41) is 3.85. The van der Waals surface area contributed by atoms with Gasteiger partial charge in [-0.1, -0.05) is 29.8 Å². The van der Waals surface area contributed by atoms with Gasteiger partial charge in [0.05, 0.1) is 5.92 Å². The summed E-state index contributed by atoms with van der Waals surface area (Å²) in [6.45, 7) is 2.81. The maximum atomic E-state index is 13.1. The molecule has 23 heavy (non-hydrogen) atoms. The molecule has 1 N–H and O–H groups in total. The number of carbonyl (C=O) groups is 1. The molecule has 1 saturated heterocycles. The van der Waals surface area contributed by atoms with Crippen LogP contribution in [0.5, 0.6) is 0 Å². The third-order valence-electron chi connectivity index (χ3n) is 5.28. The zero-order valence-corrected chi connectivity index (χ0v) is 13.7. The SMILES string of the molecule is O=C(C1C=C(Cl)N=CC1)N1CC2(CCNCC2)c2ccccc21. The second kappa shape index (κ2) is 5.77. The van der Waals surface area contributed by atoms with E-state index in [9.17, 15) is 4.79 Å². The van der Waals surface area contributed by atoms with Gasteiger partial charge in [0, 0.05) is 23.9 Å². The smallest absolute Gasteiger partial charge is 0.234 e. The number of hydrogen-bond donors (Lipinski definition) is 1. The first kappa shape index (κ1) is 14.9. The highest BCUT2D eigenvalue weighted by Gasteiger charge is 2.45. The van der Waals surface area contributed by atoms with Gasteiger partial charge in [0.1, 0.15) is 5.16 Å². The Morgan fingerprint density at radius 2 is 2.09 bits per heavy atom. The van der Waals surface area contributed by atoms with Gasteiger partial charge in [0.2, 0.25) is 5.91 Å². The number of para-hydroxylation sites is 1. The van der Waals surface area contributed by atoms with Crippen molar-refractivity contribution in [3.05, 3.63) is 41.1 Å². The summed E-state index contributed by atoms with van der Waals surface area (Å²) in [7, 11) is 0. The number of halogens is 1. The molecular weight excluding hydrogens is 310 g/mol. The molecule has 0 aliphatic carbocycles. The van der Waals surface area contributed by atoms with Gasteiger partial charge in [-0.15, -0.1) is 0 Å². The van der Waals surface area contributed by atoms with Crippen molar-refractivity contribution in [2.24, 2.45) is 10.9 Å². The molecule has 1 aromatic carbocycles. The van der Waals surface area contributed by atoms with Gasteiger partial charge in [-0.25, -0.2) is 4.99 Å². The second-order valence-electron chi connectivity index (χ2n) is 6.62. The number of nitrogens with one attached hydrogen (secondary N) is 1. The standard InChI is InChI=1S/C18H20ClN3O/c19-16-11-13(5-8-21-16)17(23)22-12-18(6-9-20-10-7-18)14-3-1-2-4-15(14)22/h1-4,8,11,13,20H,5-7,9-10,12H2. The van der Waals surface area contributed by atoms with Gasteiger partial charge in [-0.05, 0) is 50.1 Å². The van der Waals surface area contributed by atoms with Crippen LogP contribution in [0.4, 0.5) is 5.69 Å². The Bertz CT molecular complexity index is 691. The lowest BCUT2D eigenvalue weighted by Gasteiger charge is -2.35. The average Bonchev–Trinajstić information content (AvgIpc) is 2.90. The van der Waals surface area contributed by atoms with E-state index < -0.39 is 0 Å². The molecule has 1 fully saturated rings. The third kappa shape index (κ3) is 2.50. The van der Waals surface area contributed by atoms with Crippen molar-refractivity contribution in [3.63, 3.8) is 0 Å². The van der Waals surface area contributed by atoms with E-state index in [4.69, 9.17) is 11.6 Å². The Labute approximate surface area is 141 Å². The number of hydrogen-bond acceptors (Lipinski definition) is 3. The van der Waals surface area contributed by atoms with Crippen LogP contribution in [0, 0.1) is 5.92 Å². The van der Waals surface area contributed by atoms with Gasteiger partial charge >= 0.3 is 0 Å². The van der Waals surface area contributed by atoms with Crippen molar-refractivity contribution in [1.82, 2.24) is 5.32 Å². The molecule has 5 heteroatoms. The van der Waals surface area contributed by atoms with Crippen LogP contribution < -0.4 is 10.2 Å². The molecule has 0 saturated carbocycles. The summed E-state index contributed by atoms with van der Waals surface area (Å²) in [5.41, 5.74) is 2.51. The highest BCUT2D eigenvalue weighted by Crippen LogP contribution is 2.46. The fourth-order valence-electron chi connectivity index (χ4n) is 4.06. The predicted octanol–water partition coefficient (Wildman–Crippen LogP) is 2.83. The van der Waals surface area contributed by atoms with E-state index in [1.54, 1.807) is 12.3 Å². The number of benzene rings is 1. The highest BCUT2D eigenvalue weighted by molar-refractivity contribution is 6.30. The minimum absolute atomic E-state index is 0.105. The van der Waals surface area contributed by atoms with Crippen LogP contribution in [0.2, 0.25) is 0 Å². The summed E-state index contributed by atoms with van der Waals surface area (Å²) >= 11 is 5.99. The minimum Gasteiger partial charge on any atom is -0.317 e. The molecule has 1 spiro atoms. The maximum absolute atomic E-state index is 13.1. The number of piperidine rings is 1. The van der Waals surface area contributed by atoms with Crippen molar-refractivity contribution in [1.29, 1.82) is 0 Å². The number of amides is 1. The lowest BCUT2D eigenvalue weighted by Crippen LogP contribution is -2.45. The van der Waals surface area contributed by atoms with Gasteiger partial charge in [0.15, 0.2) is 0 Å². The molecule has 1 amide bonds. The lowest BCUT2D eigenvalue weighted by atomic mass is 9.75. The first-order chi connectivity index (χ1) is 11.2. The predicted molar refractivity (Wildman–Crippen MR) is 93.1 cm³/mol. The van der Waals surface area contributed by atoms with Crippen LogP contribution in [-0.4, -0.2) is 31.8 Å². The first-order valence-electron chi connectivity index (χ1n) is 8.21. The van der Waals surface area contributed by atoms with Crippen LogP contribution in [-0.2, 0) is 10.2 Å². The number of rotatable bonds is 1. The van der Waals surface area contributed by atoms with Crippen LogP contribution in [0.25, 0.3) is 0 Å². The van der Waals surface area contributed by atoms with Crippen molar-refractivity contribution < 1.29 is 4.79 Å². The van der Waals surface area contributed by atoms with Crippen LogP contribution in [0.3, 0.4) is 0 Å². The Kier molecular flexibility index (Phi) is 3.74. The second-order valence-corrected chi connectivity index (χ2v) is 7.00. The number of aliphatic imine (C=N–C) groups is 1. The first-order valence-corrected chi connectivity index (χ1v) is 8.59. The van der Waals surface area contributed by atoms with E-state index in [-0.39, 0.29) is 17.2 Å². The van der Waals surface area contributed by atoms with Gasteiger partial charge in [0.25, 0.3) is 0 Å². The molecule has 3 aliphatic rings. The van der Waals surface area contributed by atoms with E-state index in [0.717, 1.165) is 38.2 Å². The summed E-state index contributed by atoms with van der Waals surface area (Å²) in [4.78, 5) is 19.1. The van der Waals surface area contributed by atoms with E-state index in [0.29, 0.717) is 11.6 Å². The fourth-order valence-corrected chi connectivity index (χ4v) is 4.28. The van der Waals surface area contributed by atoms with E-state index in [2.05, 4.69) is 28.5 Å². The van der Waals surface area contributed by atoms with Crippen LogP contribution >= 0.6 is 11.6 Å². The largest absolute Gasteiger partial charge is 0.317 e. The van der Waals surface area contributed by atoms with Crippen molar-refractivity contribution in [3.8, 4) is 0 Å². The maximum Gasteiger partial charge on any atom is 0.234 e. The van der Waals surface area contributed by atoms with Crippen molar-refractivity contribution >= 4 is 29.4 Å². The van der Waals surface area contributed by atoms with E-state index in [1.165, 1.54) is 5.56 Å². The third-order valence-corrected chi connectivity index (χ3v) is 5.51. The Balaban J connectivity index is 1.68. The van der Waals surface area contributed by atoms with Gasteiger partial charge in [-0.3, -0.25) is 4.79 Å². The van der Waals surface area contributed by atoms with Crippen LogP contribution in [0.1, 0.15) is 24.8 Å². The number of anilines is 1. The zero-order valence-electron chi connectivity index (χ0n) is 13.0. The quantitative estimate of drug-likeness (QED) is 0.805. The average molecular weight is 330 g/mol. The normalized spacial score (nSPS) is 25.3. The zero-order chi connectivity index (χ0) is 15.9. The molecule has 4 nitrogen and oxygen atoms in total. The fraction of sp³-hybridized carbons (Fsp3) is 0.444. The molecule has 1 atom stereocenters. The topological polar surface area (TPSA) is 44.7 Å². The minimum atomic E-state index is -0.204.